The molecule has 0 amide bonds. The number of nitrogens with zero attached hydrogens (tertiary/aromatic N) is 1. The minimum Gasteiger partial charge on any atom is -0.330 e. The van der Waals surface area contributed by atoms with Crippen molar-refractivity contribution in [3.05, 3.63) is 0 Å². The van der Waals surface area contributed by atoms with Crippen molar-refractivity contribution in [3.8, 4) is 0 Å². The van der Waals surface area contributed by atoms with Gasteiger partial charge in [0, 0.05) is 12.6 Å². The Morgan fingerprint density at radius 1 is 1.50 bits per heavy atom. The Kier molecular flexibility index (Phi) is 4.02. The van der Waals surface area contributed by atoms with Crippen LogP contribution >= 0.6 is 0 Å². The lowest BCUT2D eigenvalue weighted by molar-refractivity contribution is 0.138. The van der Waals surface area contributed by atoms with Gasteiger partial charge in [0.1, 0.15) is 0 Å². The fourth-order valence-electron chi connectivity index (χ4n) is 1.75. The van der Waals surface area contributed by atoms with Crippen molar-refractivity contribution in [1.29, 1.82) is 0 Å². The highest BCUT2D eigenvalue weighted by molar-refractivity contribution is 4.79. The topological polar surface area (TPSA) is 29.3 Å². The second-order valence-corrected chi connectivity index (χ2v) is 4.03. The maximum Gasteiger partial charge on any atom is 0.00923 e. The SMILES string of the molecule is CCC(CN)CN(C)C1CCC1. The number of nitrogens with two attached hydrogens (primary N) is 1. The molecule has 1 aliphatic carbocycles. The van der Waals surface area contributed by atoms with Crippen LogP contribution in [-0.4, -0.2) is 31.1 Å². The van der Waals surface area contributed by atoms with Crippen LogP contribution in [0.5, 0.6) is 0 Å². The van der Waals surface area contributed by atoms with Crippen molar-refractivity contribution < 1.29 is 0 Å². The highest BCUT2D eigenvalue weighted by Gasteiger charge is 2.22. The van der Waals surface area contributed by atoms with Crippen LogP contribution < -0.4 is 5.73 Å². The average molecular weight is 170 g/mol. The molecule has 1 aliphatic rings. The maximum absolute atomic E-state index is 5.66. The molecule has 1 atom stereocenters. The van der Waals surface area contributed by atoms with Crippen LogP contribution in [0.3, 0.4) is 0 Å². The third-order valence-electron chi connectivity index (χ3n) is 3.15. The van der Waals surface area contributed by atoms with E-state index in [0.717, 1.165) is 12.6 Å². The largest absolute Gasteiger partial charge is 0.330 e. The van der Waals surface area contributed by atoms with E-state index in [-0.39, 0.29) is 0 Å². The van der Waals surface area contributed by atoms with Gasteiger partial charge in [-0.3, -0.25) is 0 Å². The Labute approximate surface area is 76.1 Å². The summed E-state index contributed by atoms with van der Waals surface area (Å²) in [7, 11) is 2.24. The van der Waals surface area contributed by atoms with Gasteiger partial charge in [0.2, 0.25) is 0 Å². The molecule has 0 aliphatic heterocycles. The summed E-state index contributed by atoms with van der Waals surface area (Å²) in [6.45, 7) is 4.26. The number of hydrogen-bond donors (Lipinski definition) is 1. The number of rotatable bonds is 5. The molecule has 1 saturated carbocycles. The predicted molar refractivity (Wildman–Crippen MR) is 53.1 cm³/mol. The summed E-state index contributed by atoms with van der Waals surface area (Å²) in [6.07, 6.45) is 5.44. The van der Waals surface area contributed by atoms with Crippen LogP contribution in [0.25, 0.3) is 0 Å². The molecule has 0 aromatic carbocycles. The molecule has 0 saturated heterocycles. The fraction of sp³-hybridized carbons (Fsp3) is 1.00. The Bertz CT molecular complexity index is 117. The molecule has 0 bridgehead atoms. The Morgan fingerprint density at radius 2 is 2.17 bits per heavy atom. The summed E-state index contributed by atoms with van der Waals surface area (Å²) in [4.78, 5) is 2.49. The highest BCUT2D eigenvalue weighted by Crippen LogP contribution is 2.24. The van der Waals surface area contributed by atoms with E-state index in [4.69, 9.17) is 5.73 Å². The first-order chi connectivity index (χ1) is 5.77. The first-order valence-corrected chi connectivity index (χ1v) is 5.18. The van der Waals surface area contributed by atoms with E-state index in [9.17, 15) is 0 Å². The number of hydrogen-bond acceptors (Lipinski definition) is 2. The van der Waals surface area contributed by atoms with Gasteiger partial charge in [-0.15, -0.1) is 0 Å². The molecule has 2 nitrogen and oxygen atoms in total. The van der Waals surface area contributed by atoms with Gasteiger partial charge >= 0.3 is 0 Å². The monoisotopic (exact) mass is 170 g/mol. The van der Waals surface area contributed by atoms with Crippen LogP contribution in [0.15, 0.2) is 0 Å². The highest BCUT2D eigenvalue weighted by atomic mass is 15.1. The summed E-state index contributed by atoms with van der Waals surface area (Å²) >= 11 is 0. The molecule has 2 N–H and O–H groups in total. The van der Waals surface area contributed by atoms with Gasteiger partial charge < -0.3 is 10.6 Å². The second-order valence-electron chi connectivity index (χ2n) is 4.03. The minimum absolute atomic E-state index is 0.704. The van der Waals surface area contributed by atoms with Crippen molar-refractivity contribution in [1.82, 2.24) is 4.90 Å². The summed E-state index contributed by atoms with van der Waals surface area (Å²) in [5.41, 5.74) is 5.66. The van der Waals surface area contributed by atoms with Crippen molar-refractivity contribution in [2.24, 2.45) is 11.7 Å². The van der Waals surface area contributed by atoms with Crippen LogP contribution in [0.2, 0.25) is 0 Å². The van der Waals surface area contributed by atoms with Gasteiger partial charge in [-0.2, -0.15) is 0 Å². The lowest BCUT2D eigenvalue weighted by Crippen LogP contribution is -2.41. The first-order valence-electron chi connectivity index (χ1n) is 5.18. The Balaban J connectivity index is 2.18. The molecule has 1 rings (SSSR count). The predicted octanol–water partition coefficient (Wildman–Crippen LogP) is 1.46. The van der Waals surface area contributed by atoms with Crippen LogP contribution in [-0.2, 0) is 0 Å². The molecule has 0 aromatic rings. The molecule has 72 valence electrons. The molecule has 2 heteroatoms. The maximum atomic E-state index is 5.66. The molecule has 0 spiro atoms. The average Bonchev–Trinajstić information content (AvgIpc) is 1.96. The zero-order chi connectivity index (χ0) is 8.97. The molecule has 1 fully saturated rings. The Morgan fingerprint density at radius 3 is 2.50 bits per heavy atom. The zero-order valence-corrected chi connectivity index (χ0v) is 8.42. The third kappa shape index (κ3) is 2.46. The molecule has 1 unspecified atom stereocenters. The van der Waals surface area contributed by atoms with E-state index >= 15 is 0 Å². The molecule has 0 radical (unpaired) electrons. The van der Waals surface area contributed by atoms with Gasteiger partial charge in [0.15, 0.2) is 0 Å². The lowest BCUT2D eigenvalue weighted by Gasteiger charge is -2.36. The van der Waals surface area contributed by atoms with Crippen molar-refractivity contribution in [2.75, 3.05) is 20.1 Å². The fourth-order valence-corrected chi connectivity index (χ4v) is 1.75. The second kappa shape index (κ2) is 4.83. The summed E-state index contributed by atoms with van der Waals surface area (Å²) < 4.78 is 0. The van der Waals surface area contributed by atoms with Crippen molar-refractivity contribution in [2.45, 2.75) is 38.6 Å². The molecule has 12 heavy (non-hydrogen) atoms. The summed E-state index contributed by atoms with van der Waals surface area (Å²) in [6, 6.07) is 0.866. The van der Waals surface area contributed by atoms with E-state index in [1.165, 1.54) is 32.2 Å². The van der Waals surface area contributed by atoms with Crippen LogP contribution in [0.1, 0.15) is 32.6 Å². The van der Waals surface area contributed by atoms with Gasteiger partial charge in [0.25, 0.3) is 0 Å². The standard InChI is InChI=1S/C10H22N2/c1-3-9(7-11)8-12(2)10-5-4-6-10/h9-10H,3-8,11H2,1-2H3. The molecule has 0 aromatic heterocycles. The van der Waals surface area contributed by atoms with E-state index in [2.05, 4.69) is 18.9 Å². The van der Waals surface area contributed by atoms with Gasteiger partial charge in [-0.05, 0) is 32.4 Å². The lowest BCUT2D eigenvalue weighted by atomic mass is 9.91. The zero-order valence-electron chi connectivity index (χ0n) is 8.42. The van der Waals surface area contributed by atoms with Crippen LogP contribution in [0.4, 0.5) is 0 Å². The van der Waals surface area contributed by atoms with Gasteiger partial charge in [-0.25, -0.2) is 0 Å². The quantitative estimate of drug-likeness (QED) is 0.677. The van der Waals surface area contributed by atoms with Crippen LogP contribution in [0, 0.1) is 5.92 Å². The molecular weight excluding hydrogens is 148 g/mol. The minimum atomic E-state index is 0.704. The van der Waals surface area contributed by atoms with Gasteiger partial charge in [-0.1, -0.05) is 19.8 Å². The van der Waals surface area contributed by atoms with Gasteiger partial charge in [0.05, 0.1) is 0 Å². The smallest absolute Gasteiger partial charge is 0.00923 e. The summed E-state index contributed by atoms with van der Waals surface area (Å²) in [5.74, 6) is 0.704. The third-order valence-corrected chi connectivity index (χ3v) is 3.15. The van der Waals surface area contributed by atoms with E-state index in [0.29, 0.717) is 5.92 Å². The molecular formula is C10H22N2. The van der Waals surface area contributed by atoms with Crippen molar-refractivity contribution in [3.63, 3.8) is 0 Å². The van der Waals surface area contributed by atoms with Crippen molar-refractivity contribution >= 4 is 0 Å². The Hall–Kier alpha value is -0.0800. The normalized spacial score (nSPS) is 21.0. The summed E-state index contributed by atoms with van der Waals surface area (Å²) in [5, 5.41) is 0. The van der Waals surface area contributed by atoms with E-state index < -0.39 is 0 Å². The van der Waals surface area contributed by atoms with E-state index in [1.54, 1.807) is 0 Å². The first kappa shape index (κ1) is 10.0. The molecule has 0 heterocycles. The van der Waals surface area contributed by atoms with E-state index in [1.807, 2.05) is 0 Å².